The van der Waals surface area contributed by atoms with Crippen molar-refractivity contribution in [3.05, 3.63) is 16.6 Å². The monoisotopic (exact) mass is 206 g/mol. The van der Waals surface area contributed by atoms with Crippen LogP contribution >= 0.6 is 11.3 Å². The number of nitrogens with two attached hydrogens (primary N) is 1. The van der Waals surface area contributed by atoms with Crippen molar-refractivity contribution >= 4 is 21.4 Å². The van der Waals surface area contributed by atoms with Crippen molar-refractivity contribution in [2.75, 3.05) is 0 Å². The molecule has 1 aromatic rings. The van der Waals surface area contributed by atoms with Gasteiger partial charge in [-0.15, -0.1) is 11.3 Å². The van der Waals surface area contributed by atoms with Gasteiger partial charge in [0.05, 0.1) is 0 Å². The summed E-state index contributed by atoms with van der Waals surface area (Å²) in [5, 5.41) is 7.29. The highest BCUT2D eigenvalue weighted by atomic mass is 32.2. The zero-order chi connectivity index (χ0) is 9.41. The van der Waals surface area contributed by atoms with Gasteiger partial charge < -0.3 is 0 Å². The summed E-state index contributed by atoms with van der Waals surface area (Å²) in [5.74, 6) is 0. The maximum absolute atomic E-state index is 11.1. The summed E-state index contributed by atoms with van der Waals surface area (Å²) in [7, 11) is -3.58. The fraction of sp³-hybridized carbons (Fsp3) is 0.500. The van der Waals surface area contributed by atoms with Gasteiger partial charge in [0.25, 0.3) is 0 Å². The minimum absolute atomic E-state index is 0.519. The molecule has 2 N–H and O–H groups in total. The third kappa shape index (κ3) is 1.50. The zero-order valence-electron chi connectivity index (χ0n) is 6.81. The average Bonchev–Trinajstić information content (AvgIpc) is 2.34. The van der Waals surface area contributed by atoms with Crippen molar-refractivity contribution in [1.82, 2.24) is 4.98 Å². The van der Waals surface area contributed by atoms with Gasteiger partial charge in [-0.25, -0.2) is 18.5 Å². The molecule has 68 valence electrons. The molecule has 0 bridgehead atoms. The second-order valence-corrected chi connectivity index (χ2v) is 5.90. The molecule has 0 saturated carbocycles. The number of hydrogen-bond acceptors (Lipinski definition) is 4. The molecule has 0 saturated heterocycles. The van der Waals surface area contributed by atoms with Crippen LogP contribution in [-0.2, 0) is 14.8 Å². The van der Waals surface area contributed by atoms with Gasteiger partial charge in [-0.05, 0) is 13.8 Å². The molecular formula is C6H10N2O2S2. The Morgan fingerprint density at radius 3 is 2.50 bits per heavy atom. The second-order valence-electron chi connectivity index (χ2n) is 2.89. The first-order valence-corrected chi connectivity index (χ1v) is 5.70. The van der Waals surface area contributed by atoms with E-state index in [4.69, 9.17) is 5.14 Å². The summed E-state index contributed by atoms with van der Waals surface area (Å²) in [6, 6.07) is 0. The van der Waals surface area contributed by atoms with Crippen molar-refractivity contribution in [3.63, 3.8) is 0 Å². The zero-order valence-corrected chi connectivity index (χ0v) is 8.45. The first-order chi connectivity index (χ1) is 5.36. The predicted octanol–water partition coefficient (Wildman–Crippen LogP) is 0.667. The van der Waals surface area contributed by atoms with Gasteiger partial charge in [-0.2, -0.15) is 0 Å². The number of thiazole rings is 1. The Bertz CT molecular complexity index is 353. The first-order valence-electron chi connectivity index (χ1n) is 3.28. The summed E-state index contributed by atoms with van der Waals surface area (Å²) in [5.41, 5.74) is 0. The van der Waals surface area contributed by atoms with Crippen LogP contribution in [0.5, 0.6) is 0 Å². The molecule has 0 spiro atoms. The van der Waals surface area contributed by atoms with E-state index in [1.165, 1.54) is 11.3 Å². The second kappa shape index (κ2) is 2.79. The summed E-state index contributed by atoms with van der Waals surface area (Å²) in [6.45, 7) is 3.09. The number of primary sulfonamides is 1. The van der Waals surface area contributed by atoms with Crippen LogP contribution in [0.3, 0.4) is 0 Å². The Labute approximate surface area is 75.5 Å². The van der Waals surface area contributed by atoms with Crippen molar-refractivity contribution in [2.45, 2.75) is 18.6 Å². The third-order valence-electron chi connectivity index (χ3n) is 1.66. The van der Waals surface area contributed by atoms with Crippen LogP contribution < -0.4 is 5.14 Å². The minimum Gasteiger partial charge on any atom is -0.248 e. The largest absolute Gasteiger partial charge is 0.248 e. The first kappa shape index (κ1) is 9.63. The molecule has 0 aliphatic rings. The van der Waals surface area contributed by atoms with Crippen molar-refractivity contribution < 1.29 is 8.42 Å². The minimum atomic E-state index is -3.58. The van der Waals surface area contributed by atoms with Crippen LogP contribution in [0.1, 0.15) is 18.9 Å². The molecule has 0 aliphatic carbocycles. The molecular weight excluding hydrogens is 196 g/mol. The van der Waals surface area contributed by atoms with E-state index in [0.29, 0.717) is 5.01 Å². The van der Waals surface area contributed by atoms with Gasteiger partial charge in [-0.1, -0.05) is 0 Å². The lowest BCUT2D eigenvalue weighted by Crippen LogP contribution is -2.35. The molecule has 4 nitrogen and oxygen atoms in total. The van der Waals surface area contributed by atoms with E-state index in [1.54, 1.807) is 25.4 Å². The molecule has 0 aliphatic heterocycles. The fourth-order valence-electron chi connectivity index (χ4n) is 0.642. The van der Waals surface area contributed by atoms with E-state index in [-0.39, 0.29) is 0 Å². The van der Waals surface area contributed by atoms with E-state index in [1.807, 2.05) is 0 Å². The van der Waals surface area contributed by atoms with E-state index < -0.39 is 14.8 Å². The molecule has 0 amide bonds. The number of hydrogen-bond donors (Lipinski definition) is 1. The standard InChI is InChI=1S/C6H10N2O2S2/c1-6(2,12(7,9)10)5-8-3-4-11-5/h3-4H,1-2H3,(H2,7,9,10). The smallest absolute Gasteiger partial charge is 0.220 e. The van der Waals surface area contributed by atoms with Crippen LogP contribution in [0.25, 0.3) is 0 Å². The Hall–Kier alpha value is -0.460. The van der Waals surface area contributed by atoms with Crippen molar-refractivity contribution in [1.29, 1.82) is 0 Å². The number of nitrogens with zero attached hydrogens (tertiary/aromatic N) is 1. The topological polar surface area (TPSA) is 73.0 Å². The summed E-state index contributed by atoms with van der Waals surface area (Å²) in [6.07, 6.45) is 1.56. The Kier molecular flexibility index (Phi) is 2.24. The van der Waals surface area contributed by atoms with Crippen LogP contribution in [0, 0.1) is 0 Å². The molecule has 0 fully saturated rings. The highest BCUT2D eigenvalue weighted by Crippen LogP contribution is 2.28. The lowest BCUT2D eigenvalue weighted by atomic mass is 10.2. The van der Waals surface area contributed by atoms with Crippen molar-refractivity contribution in [2.24, 2.45) is 5.14 Å². The SMILES string of the molecule is CC(C)(c1nccs1)S(N)(=O)=O. The summed E-state index contributed by atoms with van der Waals surface area (Å²) in [4.78, 5) is 3.91. The molecule has 0 radical (unpaired) electrons. The van der Waals surface area contributed by atoms with Gasteiger partial charge >= 0.3 is 0 Å². The molecule has 6 heteroatoms. The quantitative estimate of drug-likeness (QED) is 0.772. The summed E-state index contributed by atoms with van der Waals surface area (Å²) >= 11 is 1.29. The van der Waals surface area contributed by atoms with Crippen LogP contribution in [-0.4, -0.2) is 13.4 Å². The number of sulfonamides is 1. The Morgan fingerprint density at radius 1 is 1.58 bits per heavy atom. The Balaban J connectivity index is 3.20. The van der Waals surface area contributed by atoms with E-state index >= 15 is 0 Å². The normalized spacial score (nSPS) is 13.2. The van der Waals surface area contributed by atoms with Gasteiger partial charge in [0.15, 0.2) is 0 Å². The Morgan fingerprint density at radius 2 is 2.17 bits per heavy atom. The predicted molar refractivity (Wildman–Crippen MR) is 48.2 cm³/mol. The van der Waals surface area contributed by atoms with E-state index in [2.05, 4.69) is 4.98 Å². The highest BCUT2D eigenvalue weighted by molar-refractivity contribution is 7.90. The number of aromatic nitrogens is 1. The maximum atomic E-state index is 11.1. The van der Waals surface area contributed by atoms with Gasteiger partial charge in [0, 0.05) is 11.6 Å². The molecule has 1 heterocycles. The van der Waals surface area contributed by atoms with E-state index in [0.717, 1.165) is 0 Å². The van der Waals surface area contributed by atoms with E-state index in [9.17, 15) is 8.42 Å². The van der Waals surface area contributed by atoms with Crippen LogP contribution in [0.4, 0.5) is 0 Å². The van der Waals surface area contributed by atoms with Crippen molar-refractivity contribution in [3.8, 4) is 0 Å². The molecule has 0 unspecified atom stereocenters. The molecule has 1 rings (SSSR count). The molecule has 0 aromatic carbocycles. The number of rotatable bonds is 2. The van der Waals surface area contributed by atoms with Gasteiger partial charge in [0.2, 0.25) is 10.0 Å². The summed E-state index contributed by atoms with van der Waals surface area (Å²) < 4.78 is 21.1. The lowest BCUT2D eigenvalue weighted by molar-refractivity contribution is 0.555. The molecule has 0 atom stereocenters. The van der Waals surface area contributed by atoms with Crippen LogP contribution in [0.2, 0.25) is 0 Å². The van der Waals surface area contributed by atoms with Crippen LogP contribution in [0.15, 0.2) is 11.6 Å². The van der Waals surface area contributed by atoms with Gasteiger partial charge in [-0.3, -0.25) is 0 Å². The lowest BCUT2D eigenvalue weighted by Gasteiger charge is -2.18. The van der Waals surface area contributed by atoms with Gasteiger partial charge in [0.1, 0.15) is 9.75 Å². The molecule has 12 heavy (non-hydrogen) atoms. The fourth-order valence-corrected chi connectivity index (χ4v) is 2.09. The molecule has 1 aromatic heterocycles. The third-order valence-corrected chi connectivity index (χ3v) is 4.50. The highest BCUT2D eigenvalue weighted by Gasteiger charge is 2.35. The average molecular weight is 206 g/mol. The maximum Gasteiger partial charge on any atom is 0.220 e.